The maximum Gasteiger partial charge on any atom is 0.274 e. The first-order chi connectivity index (χ1) is 14.6. The Morgan fingerprint density at radius 3 is 2.50 bits per heavy atom. The number of hydrogen-bond acceptors (Lipinski definition) is 6. The van der Waals surface area contributed by atoms with Crippen LogP contribution in [0.4, 0.5) is 5.82 Å². The first kappa shape index (κ1) is 20.8. The average molecular weight is 412 g/mol. The number of carbonyl (C=O) groups is 1. The molecule has 0 saturated carbocycles. The molecular weight excluding hydrogens is 378 g/mol. The summed E-state index contributed by atoms with van der Waals surface area (Å²) in [7, 11) is 0. The number of nitrogens with zero attached hydrogens (tertiary/aromatic N) is 7. The second-order valence-electron chi connectivity index (χ2n) is 8.56. The summed E-state index contributed by atoms with van der Waals surface area (Å²) in [5.41, 5.74) is 0.476. The number of imidazole rings is 1. The van der Waals surface area contributed by atoms with Crippen molar-refractivity contribution in [3.8, 4) is 5.82 Å². The van der Waals surface area contributed by atoms with Gasteiger partial charge >= 0.3 is 0 Å². The van der Waals surface area contributed by atoms with Crippen LogP contribution in [0.25, 0.3) is 5.82 Å². The number of amides is 1. The number of rotatable bonds is 6. The molecule has 0 bridgehead atoms. The van der Waals surface area contributed by atoms with Crippen LogP contribution in [0.2, 0.25) is 0 Å². The summed E-state index contributed by atoms with van der Waals surface area (Å²) < 4.78 is 1.82. The molecular formula is C22H33N7O. The Hall–Kier alpha value is -2.48. The van der Waals surface area contributed by atoms with Gasteiger partial charge in [-0.1, -0.05) is 20.3 Å². The third-order valence-electron chi connectivity index (χ3n) is 6.30. The molecule has 0 aliphatic carbocycles. The van der Waals surface area contributed by atoms with Crippen LogP contribution in [-0.2, 0) is 0 Å². The topological polar surface area (TPSA) is 70.4 Å². The lowest BCUT2D eigenvalue weighted by atomic mass is 9.99. The minimum Gasteiger partial charge on any atom is -0.356 e. The van der Waals surface area contributed by atoms with E-state index in [9.17, 15) is 4.79 Å². The van der Waals surface area contributed by atoms with Crippen molar-refractivity contribution in [1.29, 1.82) is 0 Å². The highest BCUT2D eigenvalue weighted by atomic mass is 16.2. The zero-order chi connectivity index (χ0) is 20.9. The summed E-state index contributed by atoms with van der Waals surface area (Å²) in [4.78, 5) is 32.8. The van der Waals surface area contributed by atoms with E-state index in [1.807, 2.05) is 15.5 Å². The maximum absolute atomic E-state index is 12.9. The van der Waals surface area contributed by atoms with Crippen LogP contribution in [0.3, 0.4) is 0 Å². The Morgan fingerprint density at radius 2 is 1.77 bits per heavy atom. The van der Waals surface area contributed by atoms with Crippen LogP contribution in [0.5, 0.6) is 0 Å². The van der Waals surface area contributed by atoms with Crippen molar-refractivity contribution in [2.24, 2.45) is 5.92 Å². The Bertz CT molecular complexity index is 836. The van der Waals surface area contributed by atoms with E-state index in [2.05, 4.69) is 38.6 Å². The second-order valence-corrected chi connectivity index (χ2v) is 8.56. The second kappa shape index (κ2) is 9.55. The van der Waals surface area contributed by atoms with Crippen molar-refractivity contribution in [3.05, 3.63) is 30.6 Å². The molecule has 4 rings (SSSR count). The van der Waals surface area contributed by atoms with E-state index < -0.39 is 0 Å². The Balaban J connectivity index is 1.39. The highest BCUT2D eigenvalue weighted by Crippen LogP contribution is 2.22. The first-order valence-corrected chi connectivity index (χ1v) is 11.3. The molecule has 8 heteroatoms. The van der Waals surface area contributed by atoms with Crippen molar-refractivity contribution in [2.75, 3.05) is 50.7 Å². The van der Waals surface area contributed by atoms with Crippen LogP contribution in [0.15, 0.2) is 24.9 Å². The van der Waals surface area contributed by atoms with Gasteiger partial charge in [-0.2, -0.15) is 0 Å². The molecule has 0 atom stereocenters. The van der Waals surface area contributed by atoms with Crippen molar-refractivity contribution in [2.45, 2.75) is 39.5 Å². The molecule has 0 N–H and O–H groups in total. The summed E-state index contributed by atoms with van der Waals surface area (Å²) >= 11 is 0. The van der Waals surface area contributed by atoms with Gasteiger partial charge in [0.15, 0.2) is 0 Å². The van der Waals surface area contributed by atoms with Gasteiger partial charge in [0.25, 0.3) is 5.91 Å². The van der Waals surface area contributed by atoms with E-state index in [-0.39, 0.29) is 5.91 Å². The lowest BCUT2D eigenvalue weighted by Crippen LogP contribution is -2.48. The van der Waals surface area contributed by atoms with Crippen molar-refractivity contribution in [1.82, 2.24) is 29.3 Å². The predicted molar refractivity (Wildman–Crippen MR) is 117 cm³/mol. The van der Waals surface area contributed by atoms with Gasteiger partial charge in [0.05, 0.1) is 0 Å². The highest BCUT2D eigenvalue weighted by Gasteiger charge is 2.24. The van der Waals surface area contributed by atoms with Crippen molar-refractivity contribution in [3.63, 3.8) is 0 Å². The summed E-state index contributed by atoms with van der Waals surface area (Å²) in [5.74, 6) is 2.47. The Kier molecular flexibility index (Phi) is 6.62. The fourth-order valence-corrected chi connectivity index (χ4v) is 4.17. The molecule has 2 saturated heterocycles. The van der Waals surface area contributed by atoms with Crippen LogP contribution in [-0.4, -0.2) is 81.0 Å². The van der Waals surface area contributed by atoms with Crippen LogP contribution in [0.1, 0.15) is 50.0 Å². The average Bonchev–Trinajstić information content (AvgIpc) is 3.28. The number of hydrogen-bond donors (Lipinski definition) is 0. The molecule has 2 aliphatic heterocycles. The number of aromatic nitrogens is 4. The minimum absolute atomic E-state index is 0.00295. The number of piperidine rings is 1. The number of unbranched alkanes of at least 4 members (excludes halogenated alkanes) is 1. The van der Waals surface area contributed by atoms with Crippen LogP contribution in [0, 0.1) is 5.92 Å². The molecule has 2 aromatic heterocycles. The summed E-state index contributed by atoms with van der Waals surface area (Å²) in [6.07, 6.45) is 9.86. The highest BCUT2D eigenvalue weighted by molar-refractivity contribution is 5.92. The van der Waals surface area contributed by atoms with E-state index in [0.29, 0.717) is 5.69 Å². The zero-order valence-electron chi connectivity index (χ0n) is 18.2. The number of anilines is 1. The van der Waals surface area contributed by atoms with E-state index in [1.165, 1.54) is 25.7 Å². The quantitative estimate of drug-likeness (QED) is 0.727. The Morgan fingerprint density at radius 1 is 1.03 bits per heavy atom. The molecule has 0 unspecified atom stereocenters. The fourth-order valence-electron chi connectivity index (χ4n) is 4.17. The van der Waals surface area contributed by atoms with Crippen LogP contribution < -0.4 is 4.90 Å². The predicted octanol–water partition coefficient (Wildman–Crippen LogP) is 2.46. The summed E-state index contributed by atoms with van der Waals surface area (Å²) in [6, 6.07) is 1.98. The number of carbonyl (C=O) groups excluding carboxylic acids is 1. The minimum atomic E-state index is 0.00295. The van der Waals surface area contributed by atoms with Gasteiger partial charge in [-0.25, -0.2) is 15.0 Å². The van der Waals surface area contributed by atoms with Crippen LogP contribution >= 0.6 is 0 Å². The molecule has 8 nitrogen and oxygen atoms in total. The molecule has 0 aromatic carbocycles. The smallest absolute Gasteiger partial charge is 0.274 e. The van der Waals surface area contributed by atoms with Crippen molar-refractivity contribution >= 4 is 11.7 Å². The Labute approximate surface area is 178 Å². The SMILES string of the molecule is CCCCN1CCN(C(=O)c2cn(-c3cc(N4CCC(C)CC4)ncn3)cn2)CC1. The van der Waals surface area contributed by atoms with Crippen molar-refractivity contribution < 1.29 is 4.79 Å². The van der Waals surface area contributed by atoms with Gasteiger partial charge in [0.2, 0.25) is 0 Å². The normalized spacial score (nSPS) is 18.7. The molecule has 2 fully saturated rings. The third kappa shape index (κ3) is 4.80. The van der Waals surface area contributed by atoms with Gasteiger partial charge in [0, 0.05) is 51.5 Å². The summed E-state index contributed by atoms with van der Waals surface area (Å²) in [5, 5.41) is 0. The van der Waals surface area contributed by atoms with Gasteiger partial charge in [-0.3, -0.25) is 14.3 Å². The first-order valence-electron chi connectivity index (χ1n) is 11.3. The number of piperazine rings is 1. The molecule has 30 heavy (non-hydrogen) atoms. The molecule has 2 aromatic rings. The zero-order valence-corrected chi connectivity index (χ0v) is 18.2. The summed E-state index contributed by atoms with van der Waals surface area (Å²) in [6.45, 7) is 11.1. The third-order valence-corrected chi connectivity index (χ3v) is 6.30. The van der Waals surface area contributed by atoms with Gasteiger partial charge in [-0.05, 0) is 31.7 Å². The van der Waals surface area contributed by atoms with E-state index in [4.69, 9.17) is 0 Å². The standard InChI is InChI=1S/C22H33N7O/c1-3-4-7-26-10-12-28(13-11-26)22(30)19-15-29(17-25-19)21-14-20(23-16-24-21)27-8-5-18(2)6-9-27/h14-18H,3-13H2,1-2H3. The molecule has 2 aliphatic rings. The maximum atomic E-state index is 12.9. The molecule has 4 heterocycles. The fraction of sp³-hybridized carbons (Fsp3) is 0.636. The lowest BCUT2D eigenvalue weighted by Gasteiger charge is -2.34. The van der Waals surface area contributed by atoms with Gasteiger partial charge < -0.3 is 9.80 Å². The van der Waals surface area contributed by atoms with Gasteiger partial charge in [-0.15, -0.1) is 0 Å². The van der Waals surface area contributed by atoms with E-state index >= 15 is 0 Å². The van der Waals surface area contributed by atoms with E-state index in [0.717, 1.165) is 63.4 Å². The molecule has 0 radical (unpaired) electrons. The van der Waals surface area contributed by atoms with E-state index in [1.54, 1.807) is 18.9 Å². The monoisotopic (exact) mass is 411 g/mol. The molecule has 162 valence electrons. The molecule has 1 amide bonds. The molecule has 0 spiro atoms. The van der Waals surface area contributed by atoms with Gasteiger partial charge in [0.1, 0.15) is 30.0 Å². The largest absolute Gasteiger partial charge is 0.356 e. The lowest BCUT2D eigenvalue weighted by molar-refractivity contribution is 0.0630.